The zero-order valence-electron chi connectivity index (χ0n) is 23.2. The van der Waals surface area contributed by atoms with Crippen LogP contribution in [0, 0.1) is 29.1 Å². The Bertz CT molecular complexity index is 1160. The lowest BCUT2D eigenvalue weighted by Crippen LogP contribution is -2.51. The molecule has 3 amide bonds. The molecular weight excluding hydrogens is 518 g/mol. The second kappa shape index (κ2) is 12.0. The molecule has 3 heterocycles. The number of likely N-dealkylation sites (tertiary alicyclic amines) is 1. The van der Waals surface area contributed by atoms with Gasteiger partial charge in [0.05, 0.1) is 23.5 Å². The van der Waals surface area contributed by atoms with Crippen LogP contribution < -0.4 is 10.2 Å². The molecule has 1 saturated carbocycles. The summed E-state index contributed by atoms with van der Waals surface area (Å²) in [6.07, 6.45) is 3.78. The molecule has 1 atom stereocenters. The molecule has 39 heavy (non-hydrogen) atoms. The van der Waals surface area contributed by atoms with Gasteiger partial charge in [-0.25, -0.2) is 9.59 Å². The van der Waals surface area contributed by atoms with Gasteiger partial charge < -0.3 is 25.0 Å². The van der Waals surface area contributed by atoms with Crippen LogP contribution >= 0.6 is 11.3 Å². The van der Waals surface area contributed by atoms with Gasteiger partial charge in [0.2, 0.25) is 11.8 Å². The number of aromatic carboxylic acids is 1. The van der Waals surface area contributed by atoms with Crippen molar-refractivity contribution in [1.82, 2.24) is 10.2 Å². The lowest BCUT2D eigenvalue weighted by Gasteiger charge is -2.40. The number of carboxylic acid groups (broad SMARTS) is 1. The number of anilines is 1. The molecule has 1 aromatic heterocycles. The quantitative estimate of drug-likeness (QED) is 0.516. The molecule has 2 aliphatic heterocycles. The van der Waals surface area contributed by atoms with Gasteiger partial charge in [0, 0.05) is 30.5 Å². The van der Waals surface area contributed by atoms with Gasteiger partial charge in [-0.15, -0.1) is 11.3 Å². The number of amides is 3. The molecule has 0 spiro atoms. The van der Waals surface area contributed by atoms with Crippen LogP contribution in [0.15, 0.2) is 6.07 Å². The minimum atomic E-state index is -1.07. The number of ether oxygens (including phenoxy) is 1. The van der Waals surface area contributed by atoms with Crippen LogP contribution in [0.3, 0.4) is 0 Å². The number of nitrogens with zero attached hydrogens (tertiary/aromatic N) is 2. The number of nitrogens with one attached hydrogen (secondary N) is 1. The SMILES string of the molecule is CC(C)(C)C#Cc1cc(N(C(=O)[C@H]2CC[C@H](C)CC2)C2CCN(C(=O)OC3CNC(=O)C3)CC2)c(C(=O)O)s1. The second-order valence-electron chi connectivity index (χ2n) is 12.0. The van der Waals surface area contributed by atoms with Gasteiger partial charge >= 0.3 is 12.1 Å². The first kappa shape index (κ1) is 28.9. The highest BCUT2D eigenvalue weighted by Crippen LogP contribution is 2.38. The number of carboxylic acids is 1. The third-order valence-corrected chi connectivity index (χ3v) is 8.65. The third kappa shape index (κ3) is 7.33. The van der Waals surface area contributed by atoms with Crippen LogP contribution in [-0.4, -0.2) is 65.7 Å². The Labute approximate surface area is 234 Å². The molecule has 1 aliphatic carbocycles. The van der Waals surface area contributed by atoms with Crippen molar-refractivity contribution in [3.63, 3.8) is 0 Å². The molecule has 2 N–H and O–H groups in total. The summed E-state index contributed by atoms with van der Waals surface area (Å²) in [5, 5.41) is 12.7. The highest BCUT2D eigenvalue weighted by Gasteiger charge is 2.38. The molecule has 212 valence electrons. The van der Waals surface area contributed by atoms with Gasteiger partial charge in [-0.3, -0.25) is 9.59 Å². The van der Waals surface area contributed by atoms with Gasteiger partial charge in [-0.05, 0) is 71.3 Å². The van der Waals surface area contributed by atoms with Crippen molar-refractivity contribution in [2.24, 2.45) is 17.3 Å². The van der Waals surface area contributed by atoms with Crippen LogP contribution in [0.4, 0.5) is 10.5 Å². The number of carbonyl (C=O) groups excluding carboxylic acids is 3. The number of hydrogen-bond donors (Lipinski definition) is 2. The summed E-state index contributed by atoms with van der Waals surface area (Å²) in [4.78, 5) is 54.6. The fourth-order valence-electron chi connectivity index (χ4n) is 5.41. The van der Waals surface area contributed by atoms with E-state index in [1.807, 2.05) is 20.8 Å². The Morgan fingerprint density at radius 3 is 2.36 bits per heavy atom. The maximum atomic E-state index is 14.0. The maximum absolute atomic E-state index is 14.0. The van der Waals surface area contributed by atoms with Gasteiger partial charge in [0.15, 0.2) is 0 Å². The van der Waals surface area contributed by atoms with Gasteiger partial charge in [-0.2, -0.15) is 0 Å². The summed E-state index contributed by atoms with van der Waals surface area (Å²) in [7, 11) is 0. The molecule has 1 unspecified atom stereocenters. The van der Waals surface area contributed by atoms with E-state index in [4.69, 9.17) is 4.74 Å². The first-order valence-electron chi connectivity index (χ1n) is 13.9. The van der Waals surface area contributed by atoms with Crippen LogP contribution in [0.1, 0.15) is 87.2 Å². The Morgan fingerprint density at radius 1 is 1.13 bits per heavy atom. The van der Waals surface area contributed by atoms with Crippen LogP contribution in [-0.2, 0) is 14.3 Å². The van der Waals surface area contributed by atoms with E-state index < -0.39 is 18.2 Å². The number of thiophene rings is 1. The lowest BCUT2D eigenvalue weighted by atomic mass is 9.82. The van der Waals surface area contributed by atoms with Gasteiger partial charge in [0.1, 0.15) is 11.0 Å². The zero-order valence-corrected chi connectivity index (χ0v) is 24.1. The standard InChI is InChI=1S/C29H39N3O6S/c1-18-5-7-19(8-6-18)26(34)32(23-16-22(9-12-29(2,3)4)39-25(23)27(35)36)20-10-13-31(14-11-20)28(37)38-21-15-24(33)30-17-21/h16,18-21H,5-8,10-11,13-15,17H2,1-4H3,(H,30,33)(H,35,36)/t18-,19-,21?. The van der Waals surface area contributed by atoms with E-state index in [0.29, 0.717) is 49.0 Å². The molecule has 2 saturated heterocycles. The first-order chi connectivity index (χ1) is 18.4. The van der Waals surface area contributed by atoms with Crippen LogP contribution in [0.5, 0.6) is 0 Å². The van der Waals surface area contributed by atoms with E-state index in [-0.39, 0.29) is 40.5 Å². The predicted molar refractivity (Wildman–Crippen MR) is 149 cm³/mol. The summed E-state index contributed by atoms with van der Waals surface area (Å²) in [6, 6.07) is 1.51. The molecule has 10 heteroatoms. The van der Waals surface area contributed by atoms with Crippen LogP contribution in [0.25, 0.3) is 0 Å². The van der Waals surface area contributed by atoms with Crippen molar-refractivity contribution in [1.29, 1.82) is 0 Å². The third-order valence-electron chi connectivity index (χ3n) is 7.62. The summed E-state index contributed by atoms with van der Waals surface area (Å²) < 4.78 is 5.49. The van der Waals surface area contributed by atoms with Crippen molar-refractivity contribution >= 4 is 40.9 Å². The summed E-state index contributed by atoms with van der Waals surface area (Å²) in [5.74, 6) is 5.47. The molecule has 0 aromatic carbocycles. The van der Waals surface area contributed by atoms with E-state index in [9.17, 15) is 24.3 Å². The predicted octanol–water partition coefficient (Wildman–Crippen LogP) is 4.49. The number of hydrogen-bond acceptors (Lipinski definition) is 6. The molecule has 3 aliphatic rings. The smallest absolute Gasteiger partial charge is 0.410 e. The van der Waals surface area contributed by atoms with Crippen LogP contribution in [0.2, 0.25) is 0 Å². The van der Waals surface area contributed by atoms with E-state index in [1.165, 1.54) is 0 Å². The Hall–Kier alpha value is -3.06. The Morgan fingerprint density at radius 2 is 1.79 bits per heavy atom. The minimum Gasteiger partial charge on any atom is -0.477 e. The lowest BCUT2D eigenvalue weighted by molar-refractivity contribution is -0.124. The average Bonchev–Trinajstić information content (AvgIpc) is 3.49. The number of rotatable bonds is 5. The van der Waals surface area contributed by atoms with Gasteiger partial charge in [-0.1, -0.05) is 18.8 Å². The zero-order chi connectivity index (χ0) is 28.3. The van der Waals surface area contributed by atoms with E-state index in [0.717, 1.165) is 37.0 Å². The summed E-state index contributed by atoms with van der Waals surface area (Å²) >= 11 is 1.10. The highest BCUT2D eigenvalue weighted by atomic mass is 32.1. The monoisotopic (exact) mass is 557 g/mol. The van der Waals surface area contributed by atoms with Crippen molar-refractivity contribution in [3.05, 3.63) is 15.8 Å². The highest BCUT2D eigenvalue weighted by molar-refractivity contribution is 7.15. The van der Waals surface area contributed by atoms with Gasteiger partial charge in [0.25, 0.3) is 0 Å². The van der Waals surface area contributed by atoms with Crippen molar-refractivity contribution in [3.8, 4) is 11.8 Å². The minimum absolute atomic E-state index is 0.0332. The number of piperidine rings is 1. The first-order valence-corrected chi connectivity index (χ1v) is 14.7. The van der Waals surface area contributed by atoms with E-state index in [1.54, 1.807) is 15.9 Å². The maximum Gasteiger partial charge on any atom is 0.410 e. The molecule has 4 rings (SSSR count). The summed E-state index contributed by atoms with van der Waals surface area (Å²) in [6.45, 7) is 9.26. The van der Waals surface area contributed by atoms with E-state index in [2.05, 4.69) is 24.1 Å². The summed E-state index contributed by atoms with van der Waals surface area (Å²) in [5.41, 5.74) is 0.163. The molecule has 0 bridgehead atoms. The number of carbonyl (C=O) groups is 4. The molecule has 1 aromatic rings. The van der Waals surface area contributed by atoms with Crippen molar-refractivity contribution < 1.29 is 29.0 Å². The van der Waals surface area contributed by atoms with Crippen molar-refractivity contribution in [2.75, 3.05) is 24.5 Å². The fraction of sp³-hybridized carbons (Fsp3) is 0.655. The molecular formula is C29H39N3O6S. The fourth-order valence-corrected chi connectivity index (χ4v) is 6.25. The second-order valence-corrected chi connectivity index (χ2v) is 13.1. The largest absolute Gasteiger partial charge is 0.477 e. The van der Waals surface area contributed by atoms with Crippen molar-refractivity contribution in [2.45, 2.75) is 84.8 Å². The molecule has 3 fully saturated rings. The average molecular weight is 558 g/mol. The topological polar surface area (TPSA) is 116 Å². The Kier molecular flexibility index (Phi) is 8.90. The normalized spacial score (nSPS) is 23.9. The molecule has 0 radical (unpaired) electrons. The molecule has 9 nitrogen and oxygen atoms in total. The van der Waals surface area contributed by atoms with E-state index >= 15 is 0 Å². The Balaban J connectivity index is 1.57.